The van der Waals surface area contributed by atoms with Gasteiger partial charge in [-0.3, -0.25) is 0 Å². The van der Waals surface area contributed by atoms with Crippen LogP contribution in [0.5, 0.6) is 0 Å². The van der Waals surface area contributed by atoms with Crippen molar-refractivity contribution in [1.29, 1.82) is 0 Å². The largest absolute Gasteiger partial charge is 0.462 e. The van der Waals surface area contributed by atoms with E-state index in [1.54, 1.807) is 6.92 Å². The Morgan fingerprint density at radius 2 is 2.06 bits per heavy atom. The first-order valence-electron chi connectivity index (χ1n) is 6.61. The summed E-state index contributed by atoms with van der Waals surface area (Å²) in [5.41, 5.74) is 1.23. The normalized spacial score (nSPS) is 38.1. The summed E-state index contributed by atoms with van der Waals surface area (Å²) in [6.45, 7) is 13.0. The van der Waals surface area contributed by atoms with Crippen molar-refractivity contribution in [2.45, 2.75) is 47.0 Å². The van der Waals surface area contributed by atoms with Crippen molar-refractivity contribution in [1.82, 2.24) is 0 Å². The molecule has 0 radical (unpaired) electrons. The van der Waals surface area contributed by atoms with E-state index in [-0.39, 0.29) is 5.97 Å². The number of hydrogen-bond donors (Lipinski definition) is 0. The summed E-state index contributed by atoms with van der Waals surface area (Å²) >= 11 is 0. The maximum Gasteiger partial charge on any atom is 0.333 e. The highest BCUT2D eigenvalue weighted by Gasteiger charge is 2.61. The molecule has 3 atom stereocenters. The van der Waals surface area contributed by atoms with E-state index in [0.717, 1.165) is 5.92 Å². The number of rotatable bonds is 3. The van der Waals surface area contributed by atoms with Crippen molar-refractivity contribution in [3.63, 3.8) is 0 Å². The van der Waals surface area contributed by atoms with Crippen LogP contribution in [0, 0.1) is 22.7 Å². The SMILES string of the molecule is C=C(C)C(=O)OCC1CC2CCC1(C)C2(C)C. The second-order valence-electron chi connectivity index (χ2n) is 6.69. The highest BCUT2D eigenvalue weighted by molar-refractivity contribution is 5.86. The number of carbonyl (C=O) groups is 1. The van der Waals surface area contributed by atoms with Crippen molar-refractivity contribution < 1.29 is 9.53 Å². The second-order valence-corrected chi connectivity index (χ2v) is 6.69. The monoisotopic (exact) mass is 236 g/mol. The molecule has 0 aliphatic heterocycles. The van der Waals surface area contributed by atoms with Crippen LogP contribution in [-0.2, 0) is 9.53 Å². The van der Waals surface area contributed by atoms with Gasteiger partial charge in [0.25, 0.3) is 0 Å². The van der Waals surface area contributed by atoms with Crippen LogP contribution in [0.2, 0.25) is 0 Å². The highest BCUT2D eigenvalue weighted by atomic mass is 16.5. The number of esters is 1. The summed E-state index contributed by atoms with van der Waals surface area (Å²) in [5, 5.41) is 0. The Morgan fingerprint density at radius 1 is 1.41 bits per heavy atom. The Kier molecular flexibility index (Phi) is 2.87. The first-order valence-corrected chi connectivity index (χ1v) is 6.61. The Labute approximate surface area is 104 Å². The maximum absolute atomic E-state index is 11.4. The van der Waals surface area contributed by atoms with Crippen LogP contribution in [0.15, 0.2) is 12.2 Å². The third-order valence-corrected chi connectivity index (χ3v) is 5.74. The molecule has 2 bridgehead atoms. The average molecular weight is 236 g/mol. The van der Waals surface area contributed by atoms with Gasteiger partial charge in [0.05, 0.1) is 6.61 Å². The Bertz CT molecular complexity index is 356. The fourth-order valence-corrected chi connectivity index (χ4v) is 3.92. The van der Waals surface area contributed by atoms with Crippen LogP contribution >= 0.6 is 0 Å². The molecule has 2 fully saturated rings. The Morgan fingerprint density at radius 3 is 2.47 bits per heavy atom. The molecule has 3 unspecified atom stereocenters. The standard InChI is InChI=1S/C15H24O2/c1-10(2)13(16)17-9-12-8-11-6-7-15(12,5)14(11,3)4/h11-12H,1,6-9H2,2-5H3. The van der Waals surface area contributed by atoms with Gasteiger partial charge >= 0.3 is 5.97 Å². The molecule has 2 aliphatic rings. The van der Waals surface area contributed by atoms with Crippen molar-refractivity contribution in [2.75, 3.05) is 6.61 Å². The van der Waals surface area contributed by atoms with Gasteiger partial charge in [-0.2, -0.15) is 0 Å². The van der Waals surface area contributed by atoms with Gasteiger partial charge < -0.3 is 4.74 Å². The van der Waals surface area contributed by atoms with Crippen LogP contribution < -0.4 is 0 Å². The van der Waals surface area contributed by atoms with Gasteiger partial charge in [0.15, 0.2) is 0 Å². The molecule has 2 rings (SSSR count). The van der Waals surface area contributed by atoms with Gasteiger partial charge in [-0.15, -0.1) is 0 Å². The molecule has 0 aromatic heterocycles. The third-order valence-electron chi connectivity index (χ3n) is 5.74. The number of ether oxygens (including phenoxy) is 1. The van der Waals surface area contributed by atoms with Crippen molar-refractivity contribution in [2.24, 2.45) is 22.7 Å². The lowest BCUT2D eigenvalue weighted by Gasteiger charge is -2.39. The van der Waals surface area contributed by atoms with E-state index >= 15 is 0 Å². The zero-order valence-electron chi connectivity index (χ0n) is 11.5. The van der Waals surface area contributed by atoms with Gasteiger partial charge in [0.1, 0.15) is 0 Å². The van der Waals surface area contributed by atoms with Crippen LogP contribution in [0.25, 0.3) is 0 Å². The molecule has 96 valence electrons. The van der Waals surface area contributed by atoms with E-state index < -0.39 is 0 Å². The predicted octanol–water partition coefficient (Wildman–Crippen LogP) is 3.57. The summed E-state index contributed by atoms with van der Waals surface area (Å²) in [4.78, 5) is 11.4. The number of hydrogen-bond acceptors (Lipinski definition) is 2. The zero-order valence-corrected chi connectivity index (χ0v) is 11.5. The Hall–Kier alpha value is -0.790. The topological polar surface area (TPSA) is 26.3 Å². The minimum atomic E-state index is -0.242. The molecule has 0 heterocycles. The van der Waals surface area contributed by atoms with E-state index in [4.69, 9.17) is 4.74 Å². The fourth-order valence-electron chi connectivity index (χ4n) is 3.92. The quantitative estimate of drug-likeness (QED) is 0.553. The van der Waals surface area contributed by atoms with E-state index in [1.165, 1.54) is 19.3 Å². The molecule has 0 spiro atoms. The molecular formula is C15H24O2. The van der Waals surface area contributed by atoms with Gasteiger partial charge in [0.2, 0.25) is 0 Å². The Balaban J connectivity index is 2.01. The molecule has 17 heavy (non-hydrogen) atoms. The molecule has 2 heteroatoms. The third kappa shape index (κ3) is 1.73. The van der Waals surface area contributed by atoms with E-state index in [2.05, 4.69) is 27.4 Å². The van der Waals surface area contributed by atoms with Crippen LogP contribution in [0.4, 0.5) is 0 Å². The van der Waals surface area contributed by atoms with Crippen molar-refractivity contribution in [3.05, 3.63) is 12.2 Å². The fraction of sp³-hybridized carbons (Fsp3) is 0.800. The lowest BCUT2D eigenvalue weighted by atomic mass is 9.67. The molecule has 0 aromatic rings. The summed E-state index contributed by atoms with van der Waals surface area (Å²) in [7, 11) is 0. The summed E-state index contributed by atoms with van der Waals surface area (Å²) < 4.78 is 5.36. The minimum Gasteiger partial charge on any atom is -0.462 e. The average Bonchev–Trinajstić information content (AvgIpc) is 2.57. The molecule has 0 saturated heterocycles. The van der Waals surface area contributed by atoms with Crippen molar-refractivity contribution >= 4 is 5.97 Å². The van der Waals surface area contributed by atoms with Crippen LogP contribution in [0.1, 0.15) is 47.0 Å². The van der Waals surface area contributed by atoms with Crippen LogP contribution in [0.3, 0.4) is 0 Å². The summed E-state index contributed by atoms with van der Waals surface area (Å²) in [6.07, 6.45) is 3.83. The lowest BCUT2D eigenvalue weighted by Crippen LogP contribution is -2.34. The molecule has 2 aliphatic carbocycles. The first kappa shape index (κ1) is 12.7. The van der Waals surface area contributed by atoms with Gasteiger partial charge in [-0.05, 0) is 48.9 Å². The maximum atomic E-state index is 11.4. The minimum absolute atomic E-state index is 0.242. The van der Waals surface area contributed by atoms with E-state index in [9.17, 15) is 4.79 Å². The molecule has 2 nitrogen and oxygen atoms in total. The number of carbonyl (C=O) groups excluding carboxylic acids is 1. The zero-order chi connectivity index (χ0) is 12.8. The number of fused-ring (bicyclic) bond motifs is 2. The molecular weight excluding hydrogens is 212 g/mol. The second kappa shape index (κ2) is 3.86. The summed E-state index contributed by atoms with van der Waals surface area (Å²) in [6, 6.07) is 0. The molecule has 2 saturated carbocycles. The molecule has 0 N–H and O–H groups in total. The lowest BCUT2D eigenvalue weighted by molar-refractivity contribution is -0.141. The van der Waals surface area contributed by atoms with Crippen molar-refractivity contribution in [3.8, 4) is 0 Å². The molecule has 0 amide bonds. The van der Waals surface area contributed by atoms with Gasteiger partial charge in [-0.1, -0.05) is 27.4 Å². The highest BCUT2D eigenvalue weighted by Crippen LogP contribution is 2.68. The predicted molar refractivity (Wildman–Crippen MR) is 68.5 cm³/mol. The van der Waals surface area contributed by atoms with Crippen LogP contribution in [-0.4, -0.2) is 12.6 Å². The van der Waals surface area contributed by atoms with Gasteiger partial charge in [0, 0.05) is 5.57 Å². The first-order chi connectivity index (χ1) is 7.79. The smallest absolute Gasteiger partial charge is 0.333 e. The van der Waals surface area contributed by atoms with Gasteiger partial charge in [-0.25, -0.2) is 4.79 Å². The van der Waals surface area contributed by atoms with E-state index in [1.807, 2.05) is 0 Å². The van der Waals surface area contributed by atoms with E-state index in [0.29, 0.717) is 28.9 Å². The molecule has 0 aromatic carbocycles. The summed E-state index contributed by atoms with van der Waals surface area (Å²) in [5.74, 6) is 1.09.